The van der Waals surface area contributed by atoms with Crippen LogP contribution in [-0.4, -0.2) is 50.7 Å². The molecule has 1 heterocycles. The minimum Gasteiger partial charge on any atom is -0.497 e. The lowest BCUT2D eigenvalue weighted by Crippen LogP contribution is -2.51. The van der Waals surface area contributed by atoms with E-state index in [1.165, 1.54) is 17.7 Å². The number of aliphatic imine (C=N–C) groups is 1. The Hall–Kier alpha value is -2.03. The Morgan fingerprint density at radius 3 is 2.26 bits per heavy atom. The number of hydrogen-bond donors (Lipinski definition) is 1. The SMILES string of the molecule is COc1ccc(CCN=C(N)N2CCN(c3ccc(F)cc3)CC2)cc1.I. The summed E-state index contributed by atoms with van der Waals surface area (Å²) in [5.41, 5.74) is 8.40. The van der Waals surface area contributed by atoms with E-state index in [1.54, 1.807) is 7.11 Å². The molecule has 3 rings (SSSR count). The lowest BCUT2D eigenvalue weighted by Gasteiger charge is -2.36. The molecule has 146 valence electrons. The van der Waals surface area contributed by atoms with Crippen molar-refractivity contribution >= 4 is 35.6 Å². The van der Waals surface area contributed by atoms with E-state index < -0.39 is 0 Å². The quantitative estimate of drug-likeness (QED) is 0.403. The summed E-state index contributed by atoms with van der Waals surface area (Å²) in [6.45, 7) is 3.99. The van der Waals surface area contributed by atoms with Gasteiger partial charge >= 0.3 is 0 Å². The van der Waals surface area contributed by atoms with Gasteiger partial charge in [-0.25, -0.2) is 4.39 Å². The van der Waals surface area contributed by atoms with E-state index in [1.807, 2.05) is 36.4 Å². The molecule has 2 aromatic rings. The predicted octanol–water partition coefficient (Wildman–Crippen LogP) is 3.13. The highest BCUT2D eigenvalue weighted by Crippen LogP contribution is 2.17. The topological polar surface area (TPSA) is 54.1 Å². The first kappa shape index (κ1) is 21.3. The lowest BCUT2D eigenvalue weighted by atomic mass is 10.1. The molecule has 0 atom stereocenters. The van der Waals surface area contributed by atoms with Crippen LogP contribution in [0.2, 0.25) is 0 Å². The van der Waals surface area contributed by atoms with E-state index in [4.69, 9.17) is 10.5 Å². The van der Waals surface area contributed by atoms with Gasteiger partial charge in [0.1, 0.15) is 11.6 Å². The number of methoxy groups -OCH3 is 1. The number of guanidine groups is 1. The normalized spacial score (nSPS) is 14.7. The van der Waals surface area contributed by atoms with Gasteiger partial charge in [-0.2, -0.15) is 0 Å². The molecule has 5 nitrogen and oxygen atoms in total. The van der Waals surface area contributed by atoms with Crippen molar-refractivity contribution in [1.29, 1.82) is 0 Å². The van der Waals surface area contributed by atoms with E-state index in [9.17, 15) is 4.39 Å². The van der Waals surface area contributed by atoms with E-state index in [2.05, 4.69) is 14.8 Å². The van der Waals surface area contributed by atoms with Gasteiger partial charge < -0.3 is 20.3 Å². The van der Waals surface area contributed by atoms with Gasteiger partial charge in [0.05, 0.1) is 7.11 Å². The second-order valence-electron chi connectivity index (χ2n) is 6.29. The molecule has 2 aromatic carbocycles. The maximum absolute atomic E-state index is 13.0. The first-order chi connectivity index (χ1) is 12.7. The highest BCUT2D eigenvalue weighted by molar-refractivity contribution is 14.0. The number of anilines is 1. The molecule has 0 unspecified atom stereocenters. The molecule has 1 aliphatic heterocycles. The van der Waals surface area contributed by atoms with Crippen molar-refractivity contribution in [3.8, 4) is 5.75 Å². The molecule has 0 aromatic heterocycles. The number of nitrogens with two attached hydrogens (primary N) is 1. The number of rotatable bonds is 5. The zero-order chi connectivity index (χ0) is 18.4. The number of halogens is 2. The van der Waals surface area contributed by atoms with Crippen LogP contribution in [-0.2, 0) is 6.42 Å². The van der Waals surface area contributed by atoms with E-state index in [0.717, 1.165) is 44.0 Å². The van der Waals surface area contributed by atoms with Gasteiger partial charge in [-0.15, -0.1) is 24.0 Å². The lowest BCUT2D eigenvalue weighted by molar-refractivity contribution is 0.381. The van der Waals surface area contributed by atoms with Crippen LogP contribution in [0.5, 0.6) is 5.75 Å². The van der Waals surface area contributed by atoms with Crippen LogP contribution in [0.15, 0.2) is 53.5 Å². The number of ether oxygens (including phenoxy) is 1. The van der Waals surface area contributed by atoms with Crippen LogP contribution in [0.1, 0.15) is 5.56 Å². The van der Waals surface area contributed by atoms with Crippen LogP contribution in [0, 0.1) is 5.82 Å². The number of piperazine rings is 1. The first-order valence-electron chi connectivity index (χ1n) is 8.84. The summed E-state index contributed by atoms with van der Waals surface area (Å²) in [4.78, 5) is 8.86. The summed E-state index contributed by atoms with van der Waals surface area (Å²) < 4.78 is 18.2. The third kappa shape index (κ3) is 5.98. The number of benzene rings is 2. The fraction of sp³-hybridized carbons (Fsp3) is 0.350. The Kier molecular flexibility index (Phi) is 8.15. The van der Waals surface area contributed by atoms with Crippen LogP contribution in [0.3, 0.4) is 0 Å². The molecule has 0 aliphatic carbocycles. The van der Waals surface area contributed by atoms with Crippen LogP contribution >= 0.6 is 24.0 Å². The monoisotopic (exact) mass is 484 g/mol. The van der Waals surface area contributed by atoms with E-state index >= 15 is 0 Å². The summed E-state index contributed by atoms with van der Waals surface area (Å²) in [5, 5.41) is 0. The fourth-order valence-electron chi connectivity index (χ4n) is 3.04. The third-order valence-electron chi connectivity index (χ3n) is 4.63. The van der Waals surface area contributed by atoms with E-state index in [-0.39, 0.29) is 29.8 Å². The number of hydrogen-bond acceptors (Lipinski definition) is 3. The van der Waals surface area contributed by atoms with Crippen molar-refractivity contribution in [1.82, 2.24) is 4.90 Å². The van der Waals surface area contributed by atoms with Gasteiger partial charge in [-0.3, -0.25) is 4.99 Å². The molecule has 0 spiro atoms. The summed E-state index contributed by atoms with van der Waals surface area (Å²) in [6.07, 6.45) is 0.847. The average Bonchev–Trinajstić information content (AvgIpc) is 2.69. The Labute approximate surface area is 177 Å². The Bertz CT molecular complexity index is 729. The molecule has 1 aliphatic rings. The summed E-state index contributed by atoms with van der Waals surface area (Å²) in [5.74, 6) is 1.24. The molecule has 1 saturated heterocycles. The van der Waals surface area contributed by atoms with Crippen molar-refractivity contribution in [2.24, 2.45) is 10.7 Å². The van der Waals surface area contributed by atoms with Crippen molar-refractivity contribution in [3.05, 3.63) is 59.9 Å². The van der Waals surface area contributed by atoms with E-state index in [0.29, 0.717) is 12.5 Å². The summed E-state index contributed by atoms with van der Waals surface area (Å²) in [7, 11) is 1.66. The van der Waals surface area contributed by atoms with Gasteiger partial charge in [0.25, 0.3) is 0 Å². The van der Waals surface area contributed by atoms with Gasteiger partial charge in [0.2, 0.25) is 0 Å². The fourth-order valence-corrected chi connectivity index (χ4v) is 3.04. The maximum Gasteiger partial charge on any atom is 0.191 e. The predicted molar refractivity (Wildman–Crippen MR) is 119 cm³/mol. The van der Waals surface area contributed by atoms with Crippen molar-refractivity contribution < 1.29 is 9.13 Å². The van der Waals surface area contributed by atoms with Crippen molar-refractivity contribution in [3.63, 3.8) is 0 Å². The molecule has 27 heavy (non-hydrogen) atoms. The molecule has 0 bridgehead atoms. The second kappa shape index (κ2) is 10.3. The molecule has 7 heteroatoms. The Balaban J connectivity index is 0.00000261. The summed E-state index contributed by atoms with van der Waals surface area (Å²) in [6, 6.07) is 14.6. The Morgan fingerprint density at radius 1 is 1.04 bits per heavy atom. The first-order valence-corrected chi connectivity index (χ1v) is 8.84. The van der Waals surface area contributed by atoms with Crippen LogP contribution in [0.4, 0.5) is 10.1 Å². The Morgan fingerprint density at radius 2 is 1.67 bits per heavy atom. The molecule has 0 amide bonds. The molecule has 1 fully saturated rings. The maximum atomic E-state index is 13.0. The van der Waals surface area contributed by atoms with Crippen LogP contribution in [0.25, 0.3) is 0 Å². The highest BCUT2D eigenvalue weighted by atomic mass is 127. The smallest absolute Gasteiger partial charge is 0.191 e. The molecule has 2 N–H and O–H groups in total. The zero-order valence-electron chi connectivity index (χ0n) is 15.5. The molecular formula is C20H26FIN4O. The van der Waals surface area contributed by atoms with Gasteiger partial charge in [0, 0.05) is 38.4 Å². The molecule has 0 radical (unpaired) electrons. The minimum absolute atomic E-state index is 0. The standard InChI is InChI=1S/C20H25FN4O.HI/c1-26-19-8-2-16(3-9-19)10-11-23-20(22)25-14-12-24(13-15-25)18-6-4-17(21)5-7-18;/h2-9H,10-15H2,1H3,(H2,22,23);1H. The third-order valence-corrected chi connectivity index (χ3v) is 4.63. The van der Waals surface area contributed by atoms with Gasteiger partial charge in [-0.05, 0) is 48.4 Å². The zero-order valence-corrected chi connectivity index (χ0v) is 17.8. The summed E-state index contributed by atoms with van der Waals surface area (Å²) >= 11 is 0. The largest absolute Gasteiger partial charge is 0.497 e. The van der Waals surface area contributed by atoms with Gasteiger partial charge in [-0.1, -0.05) is 12.1 Å². The second-order valence-corrected chi connectivity index (χ2v) is 6.29. The average molecular weight is 484 g/mol. The van der Waals surface area contributed by atoms with Gasteiger partial charge in [0.15, 0.2) is 5.96 Å². The van der Waals surface area contributed by atoms with Crippen LogP contribution < -0.4 is 15.4 Å². The van der Waals surface area contributed by atoms with Crippen molar-refractivity contribution in [2.75, 3.05) is 44.7 Å². The molecule has 0 saturated carbocycles. The highest BCUT2D eigenvalue weighted by Gasteiger charge is 2.18. The number of nitrogens with zero attached hydrogens (tertiary/aromatic N) is 3. The molecular weight excluding hydrogens is 458 g/mol. The minimum atomic E-state index is -0.208. The van der Waals surface area contributed by atoms with Crippen molar-refractivity contribution in [2.45, 2.75) is 6.42 Å².